The van der Waals surface area contributed by atoms with Gasteiger partial charge < -0.3 is 4.74 Å². The molecule has 3 nitrogen and oxygen atoms in total. The molecule has 1 fully saturated rings. The number of carbonyl (C=O) groups excluding carboxylic acids is 2. The van der Waals surface area contributed by atoms with Crippen molar-refractivity contribution in [2.75, 3.05) is 6.61 Å². The molecule has 0 aliphatic heterocycles. The highest BCUT2D eigenvalue weighted by Crippen LogP contribution is 2.40. The van der Waals surface area contributed by atoms with Gasteiger partial charge in [0.1, 0.15) is 6.29 Å². The normalized spacial score (nSPS) is 17.5. The molecule has 0 atom stereocenters. The van der Waals surface area contributed by atoms with Crippen molar-refractivity contribution in [3.05, 3.63) is 35.4 Å². The summed E-state index contributed by atoms with van der Waals surface area (Å²) in [7, 11) is 0. The number of carbonyl (C=O) groups is 2. The monoisotopic (exact) mass is 288 g/mol. The predicted octanol–water partition coefficient (Wildman–Crippen LogP) is 3.90. The van der Waals surface area contributed by atoms with Gasteiger partial charge in [-0.15, -0.1) is 0 Å². The minimum atomic E-state index is -0.519. The van der Waals surface area contributed by atoms with Gasteiger partial charge in [-0.2, -0.15) is 0 Å². The van der Waals surface area contributed by atoms with E-state index in [2.05, 4.69) is 0 Å². The lowest BCUT2D eigenvalue weighted by Gasteiger charge is -2.35. The molecule has 21 heavy (non-hydrogen) atoms. The van der Waals surface area contributed by atoms with E-state index in [1.54, 1.807) is 12.1 Å². The topological polar surface area (TPSA) is 43.4 Å². The fourth-order valence-electron chi connectivity index (χ4n) is 3.03. The van der Waals surface area contributed by atoms with Gasteiger partial charge in [0.05, 0.1) is 12.0 Å². The summed E-state index contributed by atoms with van der Waals surface area (Å²) in [5.41, 5.74) is 1.11. The lowest BCUT2D eigenvalue weighted by atomic mass is 9.69. The van der Waals surface area contributed by atoms with Gasteiger partial charge >= 0.3 is 5.97 Å². The first-order chi connectivity index (χ1) is 10.1. The molecule has 3 heteroatoms. The molecule has 1 aromatic rings. The molecule has 0 N–H and O–H groups in total. The Bertz CT molecular complexity index is 482. The van der Waals surface area contributed by atoms with E-state index in [-0.39, 0.29) is 5.97 Å². The second kappa shape index (κ2) is 6.88. The van der Waals surface area contributed by atoms with Crippen LogP contribution in [0.15, 0.2) is 24.3 Å². The Hall–Kier alpha value is -1.64. The van der Waals surface area contributed by atoms with E-state index in [0.717, 1.165) is 37.5 Å². The molecule has 2 rings (SSSR count). The first-order valence-corrected chi connectivity index (χ1v) is 7.81. The Kier molecular flexibility index (Phi) is 5.16. The summed E-state index contributed by atoms with van der Waals surface area (Å²) in [6, 6.07) is 7.39. The highest BCUT2D eigenvalue weighted by atomic mass is 16.5. The van der Waals surface area contributed by atoms with Crippen LogP contribution in [0.1, 0.15) is 61.9 Å². The van der Waals surface area contributed by atoms with E-state index in [0.29, 0.717) is 18.1 Å². The zero-order chi connectivity index (χ0) is 15.3. The molecular formula is C18H24O3. The predicted molar refractivity (Wildman–Crippen MR) is 82.4 cm³/mol. The third kappa shape index (κ3) is 3.52. The van der Waals surface area contributed by atoms with Crippen molar-refractivity contribution in [2.45, 2.75) is 51.4 Å². The van der Waals surface area contributed by atoms with E-state index < -0.39 is 5.41 Å². The van der Waals surface area contributed by atoms with Gasteiger partial charge in [0.25, 0.3) is 0 Å². The standard InChI is InChI=1S/C18H24O3/c1-14(2)13-21-17(20)18(10-4-3-5-11-18)16-8-6-15(12-19)7-9-16/h6-9,12,14H,3-5,10-11,13H2,1-2H3. The van der Waals surface area contributed by atoms with Gasteiger partial charge in [0.2, 0.25) is 0 Å². The Morgan fingerprint density at radius 1 is 1.19 bits per heavy atom. The lowest BCUT2D eigenvalue weighted by molar-refractivity contribution is -0.153. The second-order valence-electron chi connectivity index (χ2n) is 6.37. The van der Waals surface area contributed by atoms with Crippen LogP contribution in [-0.2, 0) is 14.9 Å². The number of ether oxygens (including phenoxy) is 1. The number of esters is 1. The average molecular weight is 288 g/mol. The summed E-state index contributed by atoms with van der Waals surface area (Å²) in [5, 5.41) is 0. The fourth-order valence-corrected chi connectivity index (χ4v) is 3.03. The summed E-state index contributed by atoms with van der Waals surface area (Å²) in [6.45, 7) is 4.55. The zero-order valence-corrected chi connectivity index (χ0v) is 12.9. The van der Waals surface area contributed by atoms with Gasteiger partial charge in [-0.3, -0.25) is 9.59 Å². The van der Waals surface area contributed by atoms with Crippen LogP contribution in [0.3, 0.4) is 0 Å². The number of benzene rings is 1. The van der Waals surface area contributed by atoms with Gasteiger partial charge in [0.15, 0.2) is 0 Å². The molecule has 1 aromatic carbocycles. The fraction of sp³-hybridized carbons (Fsp3) is 0.556. The van der Waals surface area contributed by atoms with E-state index in [1.165, 1.54) is 6.42 Å². The summed E-state index contributed by atoms with van der Waals surface area (Å²) < 4.78 is 5.55. The van der Waals surface area contributed by atoms with Crippen LogP contribution in [-0.4, -0.2) is 18.9 Å². The van der Waals surface area contributed by atoms with Gasteiger partial charge in [-0.05, 0) is 24.3 Å². The molecule has 0 heterocycles. The highest BCUT2D eigenvalue weighted by molar-refractivity contribution is 5.84. The van der Waals surface area contributed by atoms with Crippen LogP contribution < -0.4 is 0 Å². The molecule has 114 valence electrons. The summed E-state index contributed by atoms with van der Waals surface area (Å²) in [5.74, 6) is 0.238. The van der Waals surface area contributed by atoms with E-state index >= 15 is 0 Å². The molecule has 0 aromatic heterocycles. The Balaban J connectivity index is 2.26. The molecule has 0 radical (unpaired) electrons. The molecule has 0 saturated heterocycles. The van der Waals surface area contributed by atoms with Crippen LogP contribution in [0.4, 0.5) is 0 Å². The maximum absolute atomic E-state index is 12.7. The maximum Gasteiger partial charge on any atom is 0.316 e. The molecule has 1 aliphatic carbocycles. The van der Waals surface area contributed by atoms with Crippen molar-refractivity contribution in [3.63, 3.8) is 0 Å². The largest absolute Gasteiger partial charge is 0.465 e. The van der Waals surface area contributed by atoms with Crippen molar-refractivity contribution in [2.24, 2.45) is 5.92 Å². The van der Waals surface area contributed by atoms with Crippen LogP contribution in [0.2, 0.25) is 0 Å². The van der Waals surface area contributed by atoms with Crippen LogP contribution >= 0.6 is 0 Å². The molecule has 0 bridgehead atoms. The third-order valence-electron chi connectivity index (χ3n) is 4.24. The Morgan fingerprint density at radius 2 is 1.81 bits per heavy atom. The molecule has 0 spiro atoms. The molecule has 0 unspecified atom stereocenters. The number of aldehydes is 1. The highest BCUT2D eigenvalue weighted by Gasteiger charge is 2.42. The van der Waals surface area contributed by atoms with Gasteiger partial charge in [-0.25, -0.2) is 0 Å². The second-order valence-corrected chi connectivity index (χ2v) is 6.37. The minimum Gasteiger partial charge on any atom is -0.465 e. The number of hydrogen-bond acceptors (Lipinski definition) is 3. The maximum atomic E-state index is 12.7. The van der Waals surface area contributed by atoms with E-state index in [1.807, 2.05) is 26.0 Å². The SMILES string of the molecule is CC(C)COC(=O)C1(c2ccc(C=O)cc2)CCCCC1. The molecule has 1 saturated carbocycles. The van der Waals surface area contributed by atoms with Crippen molar-refractivity contribution in [1.29, 1.82) is 0 Å². The van der Waals surface area contributed by atoms with E-state index in [9.17, 15) is 9.59 Å². The average Bonchev–Trinajstić information content (AvgIpc) is 2.53. The smallest absolute Gasteiger partial charge is 0.316 e. The van der Waals surface area contributed by atoms with Crippen LogP contribution in [0.25, 0.3) is 0 Å². The Morgan fingerprint density at radius 3 is 2.33 bits per heavy atom. The minimum absolute atomic E-state index is 0.102. The summed E-state index contributed by atoms with van der Waals surface area (Å²) in [6.07, 6.45) is 5.77. The van der Waals surface area contributed by atoms with E-state index in [4.69, 9.17) is 4.74 Å². The van der Waals surface area contributed by atoms with Crippen molar-refractivity contribution < 1.29 is 14.3 Å². The lowest BCUT2D eigenvalue weighted by Crippen LogP contribution is -2.40. The first kappa shape index (κ1) is 15.7. The zero-order valence-electron chi connectivity index (χ0n) is 12.9. The van der Waals surface area contributed by atoms with Crippen molar-refractivity contribution in [3.8, 4) is 0 Å². The number of hydrogen-bond donors (Lipinski definition) is 0. The molecule has 0 amide bonds. The third-order valence-corrected chi connectivity index (χ3v) is 4.24. The molecular weight excluding hydrogens is 264 g/mol. The Labute approximate surface area is 126 Å². The quantitative estimate of drug-likeness (QED) is 0.609. The van der Waals surface area contributed by atoms with Crippen LogP contribution in [0.5, 0.6) is 0 Å². The summed E-state index contributed by atoms with van der Waals surface area (Å²) >= 11 is 0. The molecule has 1 aliphatic rings. The van der Waals surface area contributed by atoms with Gasteiger partial charge in [0, 0.05) is 5.56 Å². The van der Waals surface area contributed by atoms with Crippen molar-refractivity contribution in [1.82, 2.24) is 0 Å². The van der Waals surface area contributed by atoms with Crippen molar-refractivity contribution >= 4 is 12.3 Å². The number of rotatable bonds is 5. The first-order valence-electron chi connectivity index (χ1n) is 7.81. The summed E-state index contributed by atoms with van der Waals surface area (Å²) in [4.78, 5) is 23.5. The van der Waals surface area contributed by atoms with Gasteiger partial charge in [-0.1, -0.05) is 57.4 Å². The van der Waals surface area contributed by atoms with Crippen LogP contribution in [0, 0.1) is 5.92 Å².